The zero-order chi connectivity index (χ0) is 15.9. The molecule has 7 heteroatoms. The number of benzene rings is 1. The van der Waals surface area contributed by atoms with Crippen molar-refractivity contribution in [1.29, 1.82) is 0 Å². The number of likely N-dealkylation sites (tertiary alicyclic amines) is 1. The summed E-state index contributed by atoms with van der Waals surface area (Å²) in [6.45, 7) is 3.52. The summed E-state index contributed by atoms with van der Waals surface area (Å²) in [6, 6.07) is 7.32. The second-order valence-electron chi connectivity index (χ2n) is 5.72. The molecule has 23 heavy (non-hydrogen) atoms. The van der Waals surface area contributed by atoms with Crippen molar-refractivity contribution in [3.8, 4) is 0 Å². The molecule has 2 amide bonds. The summed E-state index contributed by atoms with van der Waals surface area (Å²) in [5.74, 6) is -0.286. The van der Waals surface area contributed by atoms with E-state index in [9.17, 15) is 9.59 Å². The van der Waals surface area contributed by atoms with Crippen molar-refractivity contribution in [3.05, 3.63) is 35.4 Å². The molecule has 6 nitrogen and oxygen atoms in total. The molecular weight excluding hydrogens is 316 g/mol. The molecule has 1 unspecified atom stereocenters. The summed E-state index contributed by atoms with van der Waals surface area (Å²) in [4.78, 5) is 25.4. The summed E-state index contributed by atoms with van der Waals surface area (Å²) in [6.07, 6.45) is 1.94. The zero-order valence-corrected chi connectivity index (χ0v) is 14.0. The molecule has 1 aromatic carbocycles. The van der Waals surface area contributed by atoms with Crippen LogP contribution >= 0.6 is 12.4 Å². The Kier molecular flexibility index (Phi) is 8.02. The molecule has 0 aromatic heterocycles. The minimum atomic E-state index is -0.416. The van der Waals surface area contributed by atoms with Crippen LogP contribution in [0.1, 0.15) is 28.8 Å². The first kappa shape index (κ1) is 19.4. The SMILES string of the molecule is Cl.NCCNC(=O)C1CCCN(Cc2ccc(C(N)=O)cc2)C1. The van der Waals surface area contributed by atoms with Crippen LogP contribution in [0.5, 0.6) is 0 Å². The van der Waals surface area contributed by atoms with E-state index in [0.717, 1.165) is 38.0 Å². The first-order valence-corrected chi connectivity index (χ1v) is 7.69. The number of halogens is 1. The lowest BCUT2D eigenvalue weighted by Gasteiger charge is -2.32. The number of hydrogen-bond acceptors (Lipinski definition) is 4. The van der Waals surface area contributed by atoms with Crippen LogP contribution in [0.2, 0.25) is 0 Å². The van der Waals surface area contributed by atoms with Gasteiger partial charge in [-0.1, -0.05) is 12.1 Å². The second-order valence-corrected chi connectivity index (χ2v) is 5.72. The largest absolute Gasteiger partial charge is 0.366 e. The summed E-state index contributed by atoms with van der Waals surface area (Å²) < 4.78 is 0. The van der Waals surface area contributed by atoms with Crippen molar-refractivity contribution in [2.24, 2.45) is 17.4 Å². The van der Waals surface area contributed by atoms with Gasteiger partial charge in [0.25, 0.3) is 0 Å². The van der Waals surface area contributed by atoms with E-state index >= 15 is 0 Å². The second kappa shape index (κ2) is 9.50. The number of carbonyl (C=O) groups excluding carboxylic acids is 2. The Balaban J connectivity index is 0.00000264. The fraction of sp³-hybridized carbons (Fsp3) is 0.500. The van der Waals surface area contributed by atoms with Gasteiger partial charge in [0.2, 0.25) is 11.8 Å². The molecule has 0 bridgehead atoms. The standard InChI is InChI=1S/C16H24N4O2.ClH/c17-7-8-19-16(22)14-2-1-9-20(11-14)10-12-3-5-13(6-4-12)15(18)21;/h3-6,14H,1-2,7-11,17H2,(H2,18,21)(H,19,22);1H. The number of primary amides is 1. The average molecular weight is 341 g/mol. The Morgan fingerprint density at radius 2 is 1.96 bits per heavy atom. The lowest BCUT2D eigenvalue weighted by Crippen LogP contribution is -2.43. The number of nitrogens with zero attached hydrogens (tertiary/aromatic N) is 1. The van der Waals surface area contributed by atoms with Gasteiger partial charge in [0.15, 0.2) is 0 Å². The lowest BCUT2D eigenvalue weighted by atomic mass is 9.96. The molecule has 2 rings (SSSR count). The molecular formula is C16H25ClN4O2. The lowest BCUT2D eigenvalue weighted by molar-refractivity contribution is -0.126. The number of rotatable bonds is 6. The maximum Gasteiger partial charge on any atom is 0.248 e. The molecule has 1 aliphatic rings. The summed E-state index contributed by atoms with van der Waals surface area (Å²) in [5.41, 5.74) is 12.3. The van der Waals surface area contributed by atoms with Gasteiger partial charge in [-0.15, -0.1) is 12.4 Å². The zero-order valence-electron chi connectivity index (χ0n) is 13.2. The van der Waals surface area contributed by atoms with Crippen molar-refractivity contribution in [3.63, 3.8) is 0 Å². The van der Waals surface area contributed by atoms with Gasteiger partial charge in [-0.25, -0.2) is 0 Å². The van der Waals surface area contributed by atoms with E-state index in [0.29, 0.717) is 18.7 Å². The molecule has 0 spiro atoms. The van der Waals surface area contributed by atoms with Crippen molar-refractivity contribution < 1.29 is 9.59 Å². The van der Waals surface area contributed by atoms with Crippen LogP contribution < -0.4 is 16.8 Å². The molecule has 128 valence electrons. The molecule has 5 N–H and O–H groups in total. The van der Waals surface area contributed by atoms with E-state index < -0.39 is 5.91 Å². The van der Waals surface area contributed by atoms with Crippen LogP contribution in [0.3, 0.4) is 0 Å². The van der Waals surface area contributed by atoms with E-state index in [1.54, 1.807) is 12.1 Å². The van der Waals surface area contributed by atoms with Crippen LogP contribution in [0.25, 0.3) is 0 Å². The number of nitrogens with two attached hydrogens (primary N) is 2. The average Bonchev–Trinajstić information content (AvgIpc) is 2.53. The number of carbonyl (C=O) groups is 2. The highest BCUT2D eigenvalue weighted by atomic mass is 35.5. The Hall–Kier alpha value is -1.63. The molecule has 1 fully saturated rings. The first-order chi connectivity index (χ1) is 10.6. The van der Waals surface area contributed by atoms with Crippen molar-refractivity contribution in [1.82, 2.24) is 10.2 Å². The number of hydrogen-bond donors (Lipinski definition) is 3. The third kappa shape index (κ3) is 5.82. The van der Waals surface area contributed by atoms with Gasteiger partial charge in [0, 0.05) is 31.7 Å². The quantitative estimate of drug-likeness (QED) is 0.701. The molecule has 1 aromatic rings. The molecule has 0 radical (unpaired) electrons. The molecule has 0 saturated carbocycles. The van der Waals surface area contributed by atoms with E-state index in [1.165, 1.54) is 0 Å². The van der Waals surface area contributed by atoms with Crippen LogP contribution in [0.15, 0.2) is 24.3 Å². The van der Waals surface area contributed by atoms with Gasteiger partial charge in [-0.2, -0.15) is 0 Å². The molecule has 1 atom stereocenters. The highest BCUT2D eigenvalue weighted by Gasteiger charge is 2.25. The minimum absolute atomic E-state index is 0. The normalized spacial score (nSPS) is 18.0. The minimum Gasteiger partial charge on any atom is -0.366 e. The maximum atomic E-state index is 12.0. The summed E-state index contributed by atoms with van der Waals surface area (Å²) in [5, 5.41) is 2.86. The Morgan fingerprint density at radius 3 is 2.57 bits per heavy atom. The molecule has 1 saturated heterocycles. The van der Waals surface area contributed by atoms with Crippen molar-refractivity contribution in [2.75, 3.05) is 26.2 Å². The monoisotopic (exact) mass is 340 g/mol. The summed E-state index contributed by atoms with van der Waals surface area (Å²) >= 11 is 0. The molecule has 0 aliphatic carbocycles. The highest BCUT2D eigenvalue weighted by Crippen LogP contribution is 2.19. The van der Waals surface area contributed by atoms with E-state index in [1.807, 2.05) is 12.1 Å². The molecule has 1 heterocycles. The van der Waals surface area contributed by atoms with Gasteiger partial charge >= 0.3 is 0 Å². The summed E-state index contributed by atoms with van der Waals surface area (Å²) in [7, 11) is 0. The topological polar surface area (TPSA) is 101 Å². The van der Waals surface area contributed by atoms with Crippen molar-refractivity contribution >= 4 is 24.2 Å². The smallest absolute Gasteiger partial charge is 0.248 e. The maximum absolute atomic E-state index is 12.0. The van der Waals surface area contributed by atoms with Gasteiger partial charge in [0.05, 0.1) is 5.92 Å². The van der Waals surface area contributed by atoms with E-state index in [4.69, 9.17) is 11.5 Å². The molecule has 1 aliphatic heterocycles. The van der Waals surface area contributed by atoms with Gasteiger partial charge in [-0.05, 0) is 37.1 Å². The first-order valence-electron chi connectivity index (χ1n) is 7.69. The van der Waals surface area contributed by atoms with Gasteiger partial charge in [-0.3, -0.25) is 14.5 Å². The fourth-order valence-corrected chi connectivity index (χ4v) is 2.79. The van der Waals surface area contributed by atoms with Gasteiger partial charge in [0.1, 0.15) is 0 Å². The third-order valence-corrected chi connectivity index (χ3v) is 3.96. The predicted octanol–water partition coefficient (Wildman–Crippen LogP) is 0.494. The number of nitrogens with one attached hydrogen (secondary N) is 1. The predicted molar refractivity (Wildman–Crippen MR) is 92.3 cm³/mol. The van der Waals surface area contributed by atoms with Gasteiger partial charge < -0.3 is 16.8 Å². The van der Waals surface area contributed by atoms with Crippen LogP contribution in [0, 0.1) is 5.92 Å². The number of piperidine rings is 1. The van der Waals surface area contributed by atoms with Crippen molar-refractivity contribution in [2.45, 2.75) is 19.4 Å². The Bertz CT molecular complexity index is 521. The fourth-order valence-electron chi connectivity index (χ4n) is 2.79. The Labute approximate surface area is 143 Å². The third-order valence-electron chi connectivity index (χ3n) is 3.96. The van der Waals surface area contributed by atoms with Crippen LogP contribution in [-0.4, -0.2) is 42.9 Å². The van der Waals surface area contributed by atoms with E-state index in [-0.39, 0.29) is 24.2 Å². The van der Waals surface area contributed by atoms with Crippen LogP contribution in [-0.2, 0) is 11.3 Å². The van der Waals surface area contributed by atoms with Crippen LogP contribution in [0.4, 0.5) is 0 Å². The Morgan fingerprint density at radius 1 is 1.26 bits per heavy atom. The van der Waals surface area contributed by atoms with E-state index in [2.05, 4.69) is 10.2 Å². The highest BCUT2D eigenvalue weighted by molar-refractivity contribution is 5.92. The number of amides is 2.